The van der Waals surface area contributed by atoms with Crippen molar-refractivity contribution < 1.29 is 44.8 Å². The van der Waals surface area contributed by atoms with Crippen molar-refractivity contribution in [3.8, 4) is 5.69 Å². The molecule has 0 aliphatic heterocycles. The first-order valence-electron chi connectivity index (χ1n) is 20.8. The third-order valence-electron chi connectivity index (χ3n) is 11.8. The van der Waals surface area contributed by atoms with Gasteiger partial charge in [0.1, 0.15) is 47.7 Å². The fourth-order valence-corrected chi connectivity index (χ4v) is 15.1. The van der Waals surface area contributed by atoms with Crippen LogP contribution in [0.15, 0.2) is 231 Å². The molecule has 0 bridgehead atoms. The van der Waals surface area contributed by atoms with Crippen LogP contribution in [0.25, 0.3) is 55.4 Å². The summed E-state index contributed by atoms with van der Waals surface area (Å²) in [6.07, 6.45) is 1.67. The van der Waals surface area contributed by atoms with E-state index in [0.29, 0.717) is 0 Å². The van der Waals surface area contributed by atoms with Crippen molar-refractivity contribution >= 4 is 97.4 Å². The molecule has 0 fully saturated rings. The molecule has 0 saturated carbocycles. The molecule has 63 heavy (non-hydrogen) atoms. The first kappa shape index (κ1) is 44.3. The van der Waals surface area contributed by atoms with Gasteiger partial charge in [0.25, 0.3) is 0 Å². The topological polar surface area (TPSA) is 9.86 Å². The molecule has 1 radical (unpaired) electrons. The van der Waals surface area contributed by atoms with Crippen LogP contribution < -0.4 is 31.8 Å². The first-order valence-corrected chi connectivity index (χ1v) is 23.8. The maximum atomic E-state index is 5.67. The van der Waals surface area contributed by atoms with Gasteiger partial charge in [0.15, 0.2) is 0 Å². The summed E-state index contributed by atoms with van der Waals surface area (Å²) < 4.78 is 4.66. The predicted molar refractivity (Wildman–Crippen MR) is 270 cm³/mol. The Morgan fingerprint density at radius 3 is 1.29 bits per heavy atom. The maximum absolute atomic E-state index is 5.67. The number of benzene rings is 9. The van der Waals surface area contributed by atoms with Crippen LogP contribution in [0.1, 0.15) is 5.56 Å². The second-order valence-corrected chi connectivity index (χ2v) is 20.2. The summed E-state index contributed by atoms with van der Waals surface area (Å²) in [4.78, 5) is 0. The Labute approximate surface area is 403 Å². The molecule has 313 valence electrons. The fourth-order valence-electron chi connectivity index (χ4n) is 9.06. The zero-order valence-corrected chi connectivity index (χ0v) is 40.9. The Kier molecular flexibility index (Phi) is 14.1. The van der Waals surface area contributed by atoms with Crippen molar-refractivity contribution in [1.82, 2.24) is 9.13 Å². The van der Waals surface area contributed by atoms with Crippen LogP contribution in [0.5, 0.6) is 0 Å². The molecule has 9 aromatic carbocycles. The van der Waals surface area contributed by atoms with Crippen molar-refractivity contribution in [2.75, 3.05) is 0 Å². The Bertz CT molecular complexity index is 3200. The molecular formula is C57H45Au2N2P2+2. The smallest absolute Gasteiger partial charge is 0.360 e. The summed E-state index contributed by atoms with van der Waals surface area (Å²) in [5.74, 6) is 0. The van der Waals surface area contributed by atoms with E-state index in [1.165, 1.54) is 81.1 Å². The number of nitrogens with zero attached hydrogens (tertiary/aromatic N) is 2. The minimum Gasteiger partial charge on any atom is -0.360 e. The summed E-state index contributed by atoms with van der Waals surface area (Å²) in [7, 11) is -0.660. The molecule has 11 rings (SSSR count). The van der Waals surface area contributed by atoms with Gasteiger partial charge >= 0.3 is 22.4 Å². The summed E-state index contributed by atoms with van der Waals surface area (Å²) in [5, 5.41) is 13.7. The molecule has 2 aromatic heterocycles. The standard InChI is InChI=1S/C42H31NP2.C15H12N.2Au/c1-6-18-32(19-7-1)43-39-29-17-16-28-37(39)38-30-41(44(33-20-8-2-9-21-33)34-22-10-3-11-23-34)42(31-40(38)43)45(35-24-12-4-13-25-35)36-26-14-5-15-27-36;1-3-11-7-6-9-13-12-8-4-5-10-14(12)16(2)15(11)13;;/h1-31H;1,3-10H,2H3;;/q;-1;;+1/p+2. The van der Waals surface area contributed by atoms with Gasteiger partial charge in [-0.25, -0.2) is 6.08 Å². The number of hydrogen-bond donors (Lipinski definition) is 0. The summed E-state index contributed by atoms with van der Waals surface area (Å²) in [6.45, 7) is 5.67. The number of aromatic nitrogens is 2. The van der Waals surface area contributed by atoms with Crippen LogP contribution >= 0.6 is 15.8 Å². The zero-order valence-electron chi connectivity index (χ0n) is 34.6. The van der Waals surface area contributed by atoms with E-state index in [-0.39, 0.29) is 44.8 Å². The molecule has 0 atom stereocenters. The van der Waals surface area contributed by atoms with Crippen molar-refractivity contribution in [3.63, 3.8) is 0 Å². The van der Waals surface area contributed by atoms with Gasteiger partial charge < -0.3 is 9.13 Å². The minimum atomic E-state index is -1.38. The summed E-state index contributed by atoms with van der Waals surface area (Å²) >= 11 is 0. The van der Waals surface area contributed by atoms with Crippen LogP contribution in [0.3, 0.4) is 0 Å². The zero-order chi connectivity index (χ0) is 41.1. The Balaban J connectivity index is 0.000000254. The SMILES string of the molecule is [Au+].[Au].[CH-]=Cc1cccc2c3ccccc3n(C)c12.c1ccc(-n2c3ccccc3c3cc([PH+](c4ccccc4)c4ccccc4)c([PH+](c4ccccc4)c4ccccc4)cc32)cc1. The van der Waals surface area contributed by atoms with Crippen LogP contribution in [0.4, 0.5) is 0 Å². The van der Waals surface area contributed by atoms with Gasteiger partial charge in [-0.05, 0) is 89.8 Å². The molecule has 0 N–H and O–H groups in total. The molecule has 0 spiro atoms. The third kappa shape index (κ3) is 8.56. The normalized spacial score (nSPS) is 11.0. The summed E-state index contributed by atoms with van der Waals surface area (Å²) in [5.41, 5.74) is 7.21. The number of fused-ring (bicyclic) bond motifs is 6. The fraction of sp³-hybridized carbons (Fsp3) is 0.0175. The second kappa shape index (κ2) is 20.0. The molecule has 11 aromatic rings. The Morgan fingerprint density at radius 2 is 0.794 bits per heavy atom. The van der Waals surface area contributed by atoms with E-state index in [9.17, 15) is 0 Å². The van der Waals surface area contributed by atoms with E-state index in [2.05, 4.69) is 235 Å². The van der Waals surface area contributed by atoms with Crippen molar-refractivity contribution in [3.05, 3.63) is 243 Å². The molecule has 0 saturated heterocycles. The van der Waals surface area contributed by atoms with E-state index < -0.39 is 15.8 Å². The monoisotopic (exact) mass is 1210 g/mol. The van der Waals surface area contributed by atoms with Crippen LogP contribution in [0, 0.1) is 6.58 Å². The average molecular weight is 1210 g/mol. The van der Waals surface area contributed by atoms with Gasteiger partial charge in [-0.1, -0.05) is 140 Å². The van der Waals surface area contributed by atoms with Gasteiger partial charge in [0.05, 0.1) is 11.0 Å². The molecular weight excluding hydrogens is 1170 g/mol. The van der Waals surface area contributed by atoms with E-state index >= 15 is 0 Å². The third-order valence-corrected chi connectivity index (χ3v) is 17.6. The van der Waals surface area contributed by atoms with Crippen LogP contribution in [-0.4, -0.2) is 9.13 Å². The minimum absolute atomic E-state index is 0. The van der Waals surface area contributed by atoms with E-state index in [1.54, 1.807) is 6.08 Å². The van der Waals surface area contributed by atoms with Crippen molar-refractivity contribution in [2.45, 2.75) is 0 Å². The predicted octanol–water partition coefficient (Wildman–Crippen LogP) is 11.5. The maximum Gasteiger partial charge on any atom is 1.00 e. The number of para-hydroxylation sites is 4. The average Bonchev–Trinajstić information content (AvgIpc) is 3.82. The molecule has 2 heterocycles. The van der Waals surface area contributed by atoms with E-state index in [1.807, 2.05) is 12.1 Å². The van der Waals surface area contributed by atoms with Gasteiger partial charge in [-0.15, -0.1) is 6.07 Å². The van der Waals surface area contributed by atoms with Gasteiger partial charge in [-0.2, -0.15) is 5.56 Å². The van der Waals surface area contributed by atoms with Crippen molar-refractivity contribution in [2.24, 2.45) is 7.05 Å². The number of aryl methyl sites for hydroxylation is 1. The van der Waals surface area contributed by atoms with Crippen LogP contribution in [0.2, 0.25) is 0 Å². The second-order valence-electron chi connectivity index (χ2n) is 15.3. The molecule has 6 heteroatoms. The summed E-state index contributed by atoms with van der Waals surface area (Å²) in [6, 6.07) is 84.3. The van der Waals surface area contributed by atoms with E-state index in [0.717, 1.165) is 5.56 Å². The number of hydrogen-bond acceptors (Lipinski definition) is 0. The first-order chi connectivity index (χ1) is 30.2. The van der Waals surface area contributed by atoms with Crippen molar-refractivity contribution in [1.29, 1.82) is 0 Å². The van der Waals surface area contributed by atoms with Gasteiger partial charge in [-0.3, -0.25) is 6.58 Å². The van der Waals surface area contributed by atoms with Gasteiger partial charge in [0, 0.05) is 62.9 Å². The Morgan fingerprint density at radius 1 is 0.397 bits per heavy atom. The Hall–Kier alpha value is -5.34. The molecule has 2 nitrogen and oxygen atoms in total. The quantitative estimate of drug-likeness (QED) is 0.0815. The molecule has 0 aliphatic rings. The largest absolute Gasteiger partial charge is 1.00 e. The van der Waals surface area contributed by atoms with Gasteiger partial charge in [0.2, 0.25) is 0 Å². The van der Waals surface area contributed by atoms with E-state index in [4.69, 9.17) is 6.58 Å². The van der Waals surface area contributed by atoms with Crippen LogP contribution in [-0.2, 0) is 51.8 Å². The number of rotatable bonds is 8. The molecule has 0 unspecified atom stereocenters. The molecule has 0 amide bonds. The molecule has 0 aliphatic carbocycles.